The third kappa shape index (κ3) is 4.19. The summed E-state index contributed by atoms with van der Waals surface area (Å²) >= 11 is 0. The van der Waals surface area contributed by atoms with Crippen molar-refractivity contribution in [2.45, 2.75) is 44.7 Å². The van der Waals surface area contributed by atoms with Gasteiger partial charge < -0.3 is 10.6 Å². The van der Waals surface area contributed by atoms with Crippen LogP contribution in [-0.2, 0) is 0 Å². The van der Waals surface area contributed by atoms with E-state index in [0.29, 0.717) is 6.04 Å². The molecule has 98 valence electrons. The second kappa shape index (κ2) is 5.71. The molecule has 0 aromatic heterocycles. The van der Waals surface area contributed by atoms with Crippen LogP contribution in [0.15, 0.2) is 4.99 Å². The van der Waals surface area contributed by atoms with Gasteiger partial charge in [-0.2, -0.15) is 0 Å². The maximum atomic E-state index is 4.26. The molecule has 2 rings (SSSR count). The lowest BCUT2D eigenvalue weighted by atomic mass is 10.3. The molecule has 2 aliphatic carbocycles. The predicted octanol–water partition coefficient (Wildman–Crippen LogP) is 1.04. The highest BCUT2D eigenvalue weighted by molar-refractivity contribution is 5.79. The number of nitrogens with zero attached hydrogens (tertiary/aromatic N) is 2. The molecule has 0 bridgehead atoms. The molecule has 2 aliphatic rings. The van der Waals surface area contributed by atoms with E-state index in [1.165, 1.54) is 25.7 Å². The molecule has 0 spiro atoms. The van der Waals surface area contributed by atoms with Gasteiger partial charge in [0.15, 0.2) is 5.96 Å². The van der Waals surface area contributed by atoms with Crippen LogP contribution in [-0.4, -0.2) is 50.1 Å². The van der Waals surface area contributed by atoms with E-state index in [4.69, 9.17) is 0 Å². The zero-order valence-corrected chi connectivity index (χ0v) is 11.4. The second-order valence-electron chi connectivity index (χ2n) is 5.52. The van der Waals surface area contributed by atoms with Gasteiger partial charge in [0.1, 0.15) is 0 Å². The van der Waals surface area contributed by atoms with Gasteiger partial charge in [0.2, 0.25) is 0 Å². The third-order valence-electron chi connectivity index (χ3n) is 3.86. The quantitative estimate of drug-likeness (QED) is 0.536. The molecule has 2 N–H and O–H groups in total. The van der Waals surface area contributed by atoms with E-state index in [1.54, 1.807) is 0 Å². The number of likely N-dealkylation sites (N-methyl/N-ethyl adjacent to an activating group) is 1. The first-order valence-electron chi connectivity index (χ1n) is 6.87. The Labute approximate surface area is 105 Å². The van der Waals surface area contributed by atoms with Crippen LogP contribution in [0.5, 0.6) is 0 Å². The predicted molar refractivity (Wildman–Crippen MR) is 72.3 cm³/mol. The molecule has 0 amide bonds. The lowest BCUT2D eigenvalue weighted by molar-refractivity contribution is 0.247. The van der Waals surface area contributed by atoms with Crippen molar-refractivity contribution in [3.63, 3.8) is 0 Å². The Hall–Kier alpha value is -0.770. The van der Waals surface area contributed by atoms with Crippen molar-refractivity contribution in [2.75, 3.05) is 27.2 Å². The summed E-state index contributed by atoms with van der Waals surface area (Å²) in [5, 5.41) is 6.80. The number of hydrogen-bond acceptors (Lipinski definition) is 2. The van der Waals surface area contributed by atoms with E-state index >= 15 is 0 Å². The summed E-state index contributed by atoms with van der Waals surface area (Å²) in [7, 11) is 4.07. The number of nitrogens with one attached hydrogen (secondary N) is 2. The molecule has 4 heteroatoms. The molecule has 1 atom stereocenters. The molecular weight excluding hydrogens is 212 g/mol. The van der Waals surface area contributed by atoms with E-state index in [9.17, 15) is 0 Å². The maximum Gasteiger partial charge on any atom is 0.191 e. The lowest BCUT2D eigenvalue weighted by Gasteiger charge is -2.25. The van der Waals surface area contributed by atoms with Crippen LogP contribution in [0.25, 0.3) is 0 Å². The minimum Gasteiger partial charge on any atom is -0.356 e. The fourth-order valence-electron chi connectivity index (χ4n) is 2.01. The average molecular weight is 238 g/mol. The number of rotatable bonds is 6. The minimum atomic E-state index is 0.571. The van der Waals surface area contributed by atoms with E-state index in [0.717, 1.165) is 31.0 Å². The van der Waals surface area contributed by atoms with Crippen molar-refractivity contribution < 1.29 is 0 Å². The van der Waals surface area contributed by atoms with Crippen molar-refractivity contribution in [1.29, 1.82) is 0 Å². The van der Waals surface area contributed by atoms with Crippen molar-refractivity contribution in [3.05, 3.63) is 0 Å². The van der Waals surface area contributed by atoms with Crippen molar-refractivity contribution in [3.8, 4) is 0 Å². The van der Waals surface area contributed by atoms with Crippen LogP contribution >= 0.6 is 0 Å². The molecule has 4 nitrogen and oxygen atoms in total. The molecule has 17 heavy (non-hydrogen) atoms. The van der Waals surface area contributed by atoms with Crippen LogP contribution in [0.1, 0.15) is 32.6 Å². The fraction of sp³-hybridized carbons (Fsp3) is 0.923. The number of guanidine groups is 1. The molecule has 2 saturated carbocycles. The standard InChI is InChI=1S/C13H26N4/c1-10(17(3)12-6-7-12)8-15-13(14-2)16-9-11-4-5-11/h10-12H,4-9H2,1-3H3,(H2,14,15,16). The molecule has 0 radical (unpaired) electrons. The van der Waals surface area contributed by atoms with E-state index in [2.05, 4.69) is 34.5 Å². The van der Waals surface area contributed by atoms with Crippen LogP contribution in [0.4, 0.5) is 0 Å². The summed E-state index contributed by atoms with van der Waals surface area (Å²) in [5.74, 6) is 1.84. The normalized spacial score (nSPS) is 22.7. The molecule has 2 fully saturated rings. The summed E-state index contributed by atoms with van der Waals surface area (Å²) in [4.78, 5) is 6.73. The molecule has 1 unspecified atom stereocenters. The first-order valence-corrected chi connectivity index (χ1v) is 6.87. The van der Waals surface area contributed by atoms with Crippen molar-refractivity contribution >= 4 is 5.96 Å². The first kappa shape index (κ1) is 12.7. The zero-order valence-electron chi connectivity index (χ0n) is 11.4. The van der Waals surface area contributed by atoms with Gasteiger partial charge in [0.05, 0.1) is 0 Å². The second-order valence-corrected chi connectivity index (χ2v) is 5.52. The van der Waals surface area contributed by atoms with Gasteiger partial charge in [-0.25, -0.2) is 0 Å². The minimum absolute atomic E-state index is 0.571. The molecule has 0 aromatic rings. The van der Waals surface area contributed by atoms with Gasteiger partial charge in [0.25, 0.3) is 0 Å². The Bertz CT molecular complexity index is 269. The molecule has 0 heterocycles. The number of aliphatic imine (C=N–C) groups is 1. The highest BCUT2D eigenvalue weighted by Gasteiger charge is 2.29. The van der Waals surface area contributed by atoms with Crippen LogP contribution in [0.2, 0.25) is 0 Å². The molecule has 0 aromatic carbocycles. The zero-order chi connectivity index (χ0) is 12.3. The van der Waals surface area contributed by atoms with Crippen molar-refractivity contribution in [1.82, 2.24) is 15.5 Å². The topological polar surface area (TPSA) is 39.7 Å². The van der Waals surface area contributed by atoms with Gasteiger partial charge >= 0.3 is 0 Å². The van der Waals surface area contributed by atoms with Gasteiger partial charge in [-0.15, -0.1) is 0 Å². The third-order valence-corrected chi connectivity index (χ3v) is 3.86. The first-order chi connectivity index (χ1) is 8.20. The number of hydrogen-bond donors (Lipinski definition) is 2. The van der Waals surface area contributed by atoms with Crippen molar-refractivity contribution in [2.24, 2.45) is 10.9 Å². The summed E-state index contributed by atoms with van der Waals surface area (Å²) in [6.07, 6.45) is 5.50. The van der Waals surface area contributed by atoms with E-state index < -0.39 is 0 Å². The van der Waals surface area contributed by atoms with Crippen LogP contribution < -0.4 is 10.6 Å². The van der Waals surface area contributed by atoms with Gasteiger partial charge in [-0.3, -0.25) is 9.89 Å². The summed E-state index contributed by atoms with van der Waals surface area (Å²) in [6, 6.07) is 1.40. The van der Waals surface area contributed by atoms with Gasteiger partial charge in [-0.05, 0) is 45.6 Å². The smallest absolute Gasteiger partial charge is 0.191 e. The van der Waals surface area contributed by atoms with E-state index in [1.807, 2.05) is 7.05 Å². The molecular formula is C13H26N4. The Morgan fingerprint density at radius 2 is 2.00 bits per heavy atom. The monoisotopic (exact) mass is 238 g/mol. The average Bonchev–Trinajstić information content (AvgIpc) is 3.18. The summed E-state index contributed by atoms with van der Waals surface area (Å²) < 4.78 is 0. The summed E-state index contributed by atoms with van der Waals surface area (Å²) in [6.45, 7) is 4.32. The fourth-order valence-corrected chi connectivity index (χ4v) is 2.01. The molecule has 0 saturated heterocycles. The Morgan fingerprint density at radius 3 is 2.53 bits per heavy atom. The lowest BCUT2D eigenvalue weighted by Crippen LogP contribution is -2.45. The Morgan fingerprint density at radius 1 is 1.29 bits per heavy atom. The SMILES string of the molecule is CN=C(NCC1CC1)NCC(C)N(C)C1CC1. The van der Waals surface area contributed by atoms with E-state index in [-0.39, 0.29) is 0 Å². The summed E-state index contributed by atoms with van der Waals surface area (Å²) in [5.41, 5.74) is 0. The van der Waals surface area contributed by atoms with Crippen LogP contribution in [0, 0.1) is 5.92 Å². The molecule has 0 aliphatic heterocycles. The highest BCUT2D eigenvalue weighted by Crippen LogP contribution is 2.27. The Kier molecular flexibility index (Phi) is 4.26. The largest absolute Gasteiger partial charge is 0.356 e. The maximum absolute atomic E-state index is 4.26. The van der Waals surface area contributed by atoms with Gasteiger partial charge in [0, 0.05) is 32.2 Å². The van der Waals surface area contributed by atoms with Gasteiger partial charge in [-0.1, -0.05) is 0 Å². The Balaban J connectivity index is 1.63. The van der Waals surface area contributed by atoms with Crippen LogP contribution in [0.3, 0.4) is 0 Å². The highest BCUT2D eigenvalue weighted by atomic mass is 15.2.